The van der Waals surface area contributed by atoms with Gasteiger partial charge in [-0.15, -0.1) is 10.2 Å². The molecule has 0 saturated carbocycles. The summed E-state index contributed by atoms with van der Waals surface area (Å²) in [7, 11) is 1.97. The summed E-state index contributed by atoms with van der Waals surface area (Å²) in [6.45, 7) is 6.19. The molecule has 29 heavy (non-hydrogen) atoms. The first-order chi connectivity index (χ1) is 14.0. The van der Waals surface area contributed by atoms with E-state index in [0.717, 1.165) is 46.3 Å². The van der Waals surface area contributed by atoms with Crippen LogP contribution in [0.15, 0.2) is 29.4 Å². The van der Waals surface area contributed by atoms with Gasteiger partial charge < -0.3 is 9.47 Å². The van der Waals surface area contributed by atoms with E-state index in [1.54, 1.807) is 11.8 Å². The van der Waals surface area contributed by atoms with Gasteiger partial charge in [-0.1, -0.05) is 36.0 Å². The molecule has 0 aliphatic carbocycles. The van der Waals surface area contributed by atoms with Gasteiger partial charge in [-0.25, -0.2) is 0 Å². The van der Waals surface area contributed by atoms with Crippen molar-refractivity contribution in [2.75, 3.05) is 12.8 Å². The zero-order chi connectivity index (χ0) is 20.5. The van der Waals surface area contributed by atoms with E-state index in [0.29, 0.717) is 19.5 Å². The molecule has 1 amide bonds. The number of hydrogen-bond donors (Lipinski definition) is 0. The minimum absolute atomic E-state index is 0.154. The molecule has 0 saturated heterocycles. The van der Waals surface area contributed by atoms with Gasteiger partial charge in [-0.2, -0.15) is 5.10 Å². The molecular weight excluding hydrogens is 384 g/mol. The van der Waals surface area contributed by atoms with Gasteiger partial charge in [-0.3, -0.25) is 9.48 Å². The second-order valence-corrected chi connectivity index (χ2v) is 8.09. The molecule has 8 heteroatoms. The van der Waals surface area contributed by atoms with Gasteiger partial charge >= 0.3 is 0 Å². The molecule has 1 aliphatic rings. The van der Waals surface area contributed by atoms with E-state index in [2.05, 4.69) is 34.7 Å². The number of hydrogen-bond acceptors (Lipinski definition) is 5. The molecule has 1 aliphatic heterocycles. The monoisotopic (exact) mass is 410 g/mol. The Labute approximate surface area is 175 Å². The lowest BCUT2D eigenvalue weighted by Crippen LogP contribution is -2.37. The fraction of sp³-hybridized carbons (Fsp3) is 0.429. The first-order valence-electron chi connectivity index (χ1n) is 9.88. The van der Waals surface area contributed by atoms with Crippen LogP contribution in [0.3, 0.4) is 0 Å². The van der Waals surface area contributed by atoms with Crippen molar-refractivity contribution in [2.24, 2.45) is 7.05 Å². The lowest BCUT2D eigenvalue weighted by Gasteiger charge is -2.28. The first-order valence-corrected chi connectivity index (χ1v) is 11.1. The maximum atomic E-state index is 13.0. The van der Waals surface area contributed by atoms with Crippen molar-refractivity contribution < 1.29 is 4.79 Å². The fourth-order valence-electron chi connectivity index (χ4n) is 3.97. The van der Waals surface area contributed by atoms with E-state index in [-0.39, 0.29) is 5.91 Å². The molecule has 0 spiro atoms. The van der Waals surface area contributed by atoms with Crippen molar-refractivity contribution >= 4 is 17.7 Å². The molecular formula is C21H26N6OS. The van der Waals surface area contributed by atoms with Crippen molar-refractivity contribution in [3.05, 3.63) is 46.6 Å². The predicted octanol–water partition coefficient (Wildman–Crippen LogP) is 2.86. The molecule has 1 aromatic carbocycles. The number of rotatable bonds is 5. The van der Waals surface area contributed by atoms with Crippen LogP contribution in [0.1, 0.15) is 29.3 Å². The highest BCUT2D eigenvalue weighted by Gasteiger charge is 2.29. The zero-order valence-corrected chi connectivity index (χ0v) is 18.2. The number of thioether (sulfide) groups is 1. The summed E-state index contributed by atoms with van der Waals surface area (Å²) in [5, 5.41) is 14.4. The maximum Gasteiger partial charge on any atom is 0.227 e. The van der Waals surface area contributed by atoms with E-state index in [4.69, 9.17) is 5.10 Å². The molecule has 3 aromatic rings. The Bertz CT molecular complexity index is 1050. The summed E-state index contributed by atoms with van der Waals surface area (Å²) in [4.78, 5) is 15.0. The maximum absolute atomic E-state index is 13.0. The van der Waals surface area contributed by atoms with Gasteiger partial charge in [0.25, 0.3) is 0 Å². The second kappa shape index (κ2) is 8.02. The summed E-state index contributed by atoms with van der Waals surface area (Å²) in [5.41, 5.74) is 5.35. The van der Waals surface area contributed by atoms with Crippen molar-refractivity contribution in [2.45, 2.75) is 44.9 Å². The number of carbonyl (C=O) groups is 1. The summed E-state index contributed by atoms with van der Waals surface area (Å²) in [6, 6.07) is 8.08. The summed E-state index contributed by atoms with van der Waals surface area (Å²) < 4.78 is 4.02. The van der Waals surface area contributed by atoms with Crippen LogP contribution >= 0.6 is 11.8 Å². The van der Waals surface area contributed by atoms with Gasteiger partial charge in [0, 0.05) is 44.4 Å². The highest BCUT2D eigenvalue weighted by atomic mass is 32.2. The fourth-order valence-corrected chi connectivity index (χ4v) is 4.53. The third-order valence-corrected chi connectivity index (χ3v) is 6.29. The molecule has 2 aromatic heterocycles. The number of fused-ring (bicyclic) bond motifs is 1. The highest BCUT2D eigenvalue weighted by molar-refractivity contribution is 7.98. The molecule has 4 rings (SSSR count). The van der Waals surface area contributed by atoms with E-state index >= 15 is 0 Å². The Kier molecular flexibility index (Phi) is 5.45. The lowest BCUT2D eigenvalue weighted by molar-refractivity contribution is -0.131. The highest BCUT2D eigenvalue weighted by Crippen LogP contribution is 2.30. The van der Waals surface area contributed by atoms with Crippen LogP contribution in [-0.4, -0.2) is 48.2 Å². The van der Waals surface area contributed by atoms with E-state index < -0.39 is 0 Å². The number of aromatic nitrogens is 5. The third-order valence-electron chi connectivity index (χ3n) is 5.63. The van der Waals surface area contributed by atoms with Crippen molar-refractivity contribution in [3.8, 4) is 11.5 Å². The van der Waals surface area contributed by atoms with Crippen LogP contribution in [0.5, 0.6) is 0 Å². The molecule has 0 N–H and O–H groups in total. The molecule has 0 bridgehead atoms. The quantitative estimate of drug-likeness (QED) is 0.605. The minimum atomic E-state index is 0.154. The number of nitrogens with zero attached hydrogens (tertiary/aromatic N) is 6. The molecule has 3 heterocycles. The molecule has 0 unspecified atom stereocenters. The van der Waals surface area contributed by atoms with Crippen molar-refractivity contribution in [1.29, 1.82) is 0 Å². The molecule has 0 atom stereocenters. The van der Waals surface area contributed by atoms with Gasteiger partial charge in [0.05, 0.1) is 6.42 Å². The Morgan fingerprint density at radius 3 is 2.76 bits per heavy atom. The van der Waals surface area contributed by atoms with E-state index in [9.17, 15) is 4.79 Å². The number of carbonyl (C=O) groups excluding carboxylic acids is 1. The van der Waals surface area contributed by atoms with Crippen molar-refractivity contribution in [1.82, 2.24) is 29.4 Å². The Morgan fingerprint density at radius 1 is 1.24 bits per heavy atom. The largest absolute Gasteiger partial charge is 0.338 e. The second-order valence-electron chi connectivity index (χ2n) is 7.32. The topological polar surface area (TPSA) is 68.8 Å². The number of aryl methyl sites for hydroxylation is 2. The van der Waals surface area contributed by atoms with Crippen LogP contribution in [0.25, 0.3) is 11.5 Å². The summed E-state index contributed by atoms with van der Waals surface area (Å²) in [5.74, 6) is 0.934. The molecule has 7 nitrogen and oxygen atoms in total. The van der Waals surface area contributed by atoms with Crippen LogP contribution in [0.2, 0.25) is 0 Å². The standard InChI is InChI=1S/C21H26N6OS/c1-5-27-20(22-23-21(27)29-4)19-16-13-26(11-10-17(16)25(3)24-19)18(28)12-15-9-7-6-8-14(15)2/h6-9H,5,10-13H2,1-4H3. The van der Waals surface area contributed by atoms with Crippen LogP contribution < -0.4 is 0 Å². The number of amides is 1. The average Bonchev–Trinajstić information content (AvgIpc) is 3.29. The summed E-state index contributed by atoms with van der Waals surface area (Å²) in [6.07, 6.45) is 3.23. The Balaban J connectivity index is 1.63. The van der Waals surface area contributed by atoms with Gasteiger partial charge in [0.2, 0.25) is 5.91 Å². The molecule has 0 radical (unpaired) electrons. The van der Waals surface area contributed by atoms with Gasteiger partial charge in [-0.05, 0) is 31.2 Å². The van der Waals surface area contributed by atoms with Gasteiger partial charge in [0.1, 0.15) is 5.69 Å². The Morgan fingerprint density at radius 2 is 2.03 bits per heavy atom. The smallest absolute Gasteiger partial charge is 0.227 e. The van der Waals surface area contributed by atoms with Crippen LogP contribution in [0, 0.1) is 6.92 Å². The van der Waals surface area contributed by atoms with Crippen LogP contribution in [-0.2, 0) is 37.8 Å². The Hall–Kier alpha value is -2.61. The average molecular weight is 411 g/mol. The molecule has 0 fully saturated rings. The SMILES string of the molecule is CCn1c(SC)nnc1-c1nn(C)c2c1CN(C(=O)Cc1ccccc1C)CC2. The number of benzene rings is 1. The first kappa shape index (κ1) is 19.7. The molecule has 152 valence electrons. The normalized spacial score (nSPS) is 13.6. The summed E-state index contributed by atoms with van der Waals surface area (Å²) >= 11 is 1.58. The van der Waals surface area contributed by atoms with Crippen LogP contribution in [0.4, 0.5) is 0 Å². The third kappa shape index (κ3) is 3.57. The zero-order valence-electron chi connectivity index (χ0n) is 17.3. The van der Waals surface area contributed by atoms with Gasteiger partial charge in [0.15, 0.2) is 11.0 Å². The minimum Gasteiger partial charge on any atom is -0.338 e. The van der Waals surface area contributed by atoms with E-state index in [1.165, 1.54) is 5.69 Å². The predicted molar refractivity (Wildman–Crippen MR) is 114 cm³/mol. The lowest BCUT2D eigenvalue weighted by atomic mass is 10.0. The van der Waals surface area contributed by atoms with E-state index in [1.807, 2.05) is 41.1 Å². The van der Waals surface area contributed by atoms with Crippen molar-refractivity contribution in [3.63, 3.8) is 0 Å².